The van der Waals surface area contributed by atoms with Crippen LogP contribution in [-0.4, -0.2) is 75.5 Å². The number of carbonyl (C=O) groups is 5. The van der Waals surface area contributed by atoms with Crippen LogP contribution in [0.3, 0.4) is 0 Å². The summed E-state index contributed by atoms with van der Waals surface area (Å²) in [6, 6.07) is 7.41. The molecule has 0 radical (unpaired) electrons. The highest BCUT2D eigenvalue weighted by Gasteiger charge is 2.36. The lowest BCUT2D eigenvalue weighted by atomic mass is 9.93. The summed E-state index contributed by atoms with van der Waals surface area (Å²) in [5, 5.41) is 20.2. The molecule has 0 aliphatic heterocycles. The second-order valence-electron chi connectivity index (χ2n) is 14.2. The lowest BCUT2D eigenvalue weighted by Gasteiger charge is -2.37. The van der Waals surface area contributed by atoms with Crippen molar-refractivity contribution in [2.75, 3.05) is 7.05 Å². The van der Waals surface area contributed by atoms with Gasteiger partial charge in [0.25, 0.3) is 5.91 Å². The van der Waals surface area contributed by atoms with Crippen LogP contribution in [0.25, 0.3) is 0 Å². The van der Waals surface area contributed by atoms with E-state index in [0.717, 1.165) is 5.56 Å². The van der Waals surface area contributed by atoms with Crippen LogP contribution in [0.2, 0.25) is 0 Å². The highest BCUT2D eigenvalue weighted by Crippen LogP contribution is 2.31. The molecule has 0 bridgehead atoms. The summed E-state index contributed by atoms with van der Waals surface area (Å²) in [7, 11) is 1.68. The van der Waals surface area contributed by atoms with Crippen LogP contribution in [-0.2, 0) is 25.5 Å². The third-order valence-corrected chi connectivity index (χ3v) is 9.32. The van der Waals surface area contributed by atoms with Crippen molar-refractivity contribution in [3.05, 3.63) is 52.0 Å². The molecule has 6 atom stereocenters. The molecule has 12 nitrogen and oxygen atoms in total. The molecule has 0 saturated heterocycles. The summed E-state index contributed by atoms with van der Waals surface area (Å²) in [5.41, 5.74) is 0.591. The van der Waals surface area contributed by atoms with E-state index in [-0.39, 0.29) is 36.3 Å². The summed E-state index contributed by atoms with van der Waals surface area (Å²) in [6.07, 6.45) is 0.691. The Labute approximate surface area is 294 Å². The van der Waals surface area contributed by atoms with Crippen molar-refractivity contribution in [1.29, 1.82) is 0 Å². The number of likely N-dealkylation sites (N-methyl/N-ethyl adjacent to an activating group) is 1. The molecule has 2 rings (SSSR count). The fourth-order valence-electron chi connectivity index (χ4n) is 5.50. The van der Waals surface area contributed by atoms with Crippen molar-refractivity contribution in [2.24, 2.45) is 17.8 Å². The highest BCUT2D eigenvalue weighted by molar-refractivity contribution is 7.09. The van der Waals surface area contributed by atoms with Gasteiger partial charge in [-0.3, -0.25) is 19.2 Å². The van der Waals surface area contributed by atoms with E-state index in [0.29, 0.717) is 17.8 Å². The Balaban J connectivity index is 2.31. The van der Waals surface area contributed by atoms with Crippen LogP contribution >= 0.6 is 11.3 Å². The van der Waals surface area contributed by atoms with Gasteiger partial charge in [0.05, 0.1) is 5.92 Å². The smallest absolute Gasteiger partial charge is 0.315 e. The standard InChI is InChI=1S/C36H55N5O7S/c1-11-22(4)30(39-35(47)40-36(7,8)9)33(44)41(10)28(21(2)3)19-29(48-24(6)42)32-38-27(20-49-32)31(43)37-26(17-23(5)34(45)46)18-25-15-13-12-14-16-25/h12-16,20-23,26,28-30H,11,17-19H2,1-10H3,(H,37,43)(H,45,46)(H2,39,40,47)/t22-,23-,26+,28+,29+,30-/m0/s1. The number of rotatable bonds is 17. The predicted molar refractivity (Wildman–Crippen MR) is 190 cm³/mol. The second kappa shape index (κ2) is 18.7. The van der Waals surface area contributed by atoms with Crippen LogP contribution in [0.1, 0.15) is 109 Å². The second-order valence-corrected chi connectivity index (χ2v) is 15.1. The van der Waals surface area contributed by atoms with Crippen molar-refractivity contribution >= 4 is 41.1 Å². The molecule has 0 aliphatic carbocycles. The Bertz CT molecular complexity index is 1410. The molecule has 0 saturated carbocycles. The molecule has 0 spiro atoms. The van der Waals surface area contributed by atoms with E-state index in [1.807, 2.05) is 78.8 Å². The van der Waals surface area contributed by atoms with Crippen LogP contribution in [0.15, 0.2) is 35.7 Å². The first-order chi connectivity index (χ1) is 22.8. The quantitative estimate of drug-likeness (QED) is 0.155. The number of amides is 4. The summed E-state index contributed by atoms with van der Waals surface area (Å²) < 4.78 is 5.72. The minimum Gasteiger partial charge on any atom is -0.481 e. The number of carboxylic acids is 1. The van der Waals surface area contributed by atoms with Crippen LogP contribution in [0.4, 0.5) is 4.79 Å². The Morgan fingerprint density at radius 1 is 1.00 bits per heavy atom. The monoisotopic (exact) mass is 701 g/mol. The highest BCUT2D eigenvalue weighted by atomic mass is 32.1. The third-order valence-electron chi connectivity index (χ3n) is 8.38. The van der Waals surface area contributed by atoms with Gasteiger partial charge in [-0.15, -0.1) is 11.3 Å². The molecule has 1 aromatic heterocycles. The first-order valence-corrected chi connectivity index (χ1v) is 17.8. The van der Waals surface area contributed by atoms with Gasteiger partial charge in [-0.05, 0) is 51.0 Å². The fraction of sp³-hybridized carbons (Fsp3) is 0.611. The zero-order chi connectivity index (χ0) is 37.1. The van der Waals surface area contributed by atoms with Gasteiger partial charge in [-0.25, -0.2) is 9.78 Å². The first-order valence-electron chi connectivity index (χ1n) is 16.9. The van der Waals surface area contributed by atoms with Gasteiger partial charge in [0.15, 0.2) is 6.10 Å². The molecule has 4 amide bonds. The molecule has 1 aromatic carbocycles. The van der Waals surface area contributed by atoms with Crippen molar-refractivity contribution in [3.63, 3.8) is 0 Å². The maximum atomic E-state index is 13.9. The van der Waals surface area contributed by atoms with Crippen LogP contribution in [0, 0.1) is 17.8 Å². The lowest BCUT2D eigenvalue weighted by Crippen LogP contribution is -2.57. The number of thiazole rings is 1. The molecule has 0 aliphatic rings. The van der Waals surface area contributed by atoms with Crippen LogP contribution in [0.5, 0.6) is 0 Å². The number of ether oxygens (including phenoxy) is 1. The van der Waals surface area contributed by atoms with E-state index >= 15 is 0 Å². The van der Waals surface area contributed by atoms with Crippen molar-refractivity contribution in [2.45, 2.75) is 118 Å². The van der Waals surface area contributed by atoms with E-state index in [1.54, 1.807) is 24.3 Å². The number of nitrogens with one attached hydrogen (secondary N) is 3. The summed E-state index contributed by atoms with van der Waals surface area (Å²) in [4.78, 5) is 70.2. The number of hydrogen-bond acceptors (Lipinski definition) is 8. The largest absolute Gasteiger partial charge is 0.481 e. The van der Waals surface area contributed by atoms with E-state index < -0.39 is 59.6 Å². The fourth-order valence-corrected chi connectivity index (χ4v) is 6.34. The van der Waals surface area contributed by atoms with Gasteiger partial charge in [0.1, 0.15) is 16.7 Å². The average Bonchev–Trinajstić information content (AvgIpc) is 3.50. The van der Waals surface area contributed by atoms with Gasteiger partial charge in [-0.1, -0.05) is 71.4 Å². The number of carbonyl (C=O) groups excluding carboxylic acids is 4. The number of esters is 1. The molecular weight excluding hydrogens is 646 g/mol. The topological polar surface area (TPSA) is 167 Å². The average molecular weight is 702 g/mol. The zero-order valence-electron chi connectivity index (χ0n) is 30.5. The van der Waals surface area contributed by atoms with Crippen molar-refractivity contribution < 1.29 is 33.8 Å². The summed E-state index contributed by atoms with van der Waals surface area (Å²) >= 11 is 1.17. The van der Waals surface area contributed by atoms with Crippen molar-refractivity contribution in [1.82, 2.24) is 25.8 Å². The third kappa shape index (κ3) is 13.4. The number of carboxylic acid groups (broad SMARTS) is 1. The van der Waals surface area contributed by atoms with Crippen molar-refractivity contribution in [3.8, 4) is 0 Å². The minimum absolute atomic E-state index is 0.0642. The SMILES string of the molecule is CC[C@H](C)[C@H](NC(=O)NC(C)(C)C)C(=O)N(C)[C@H](C[C@@H](OC(C)=O)c1nc(C(=O)N[C@@H](Cc2ccccc2)C[C@H](C)C(=O)O)cs1)C(C)C. The minimum atomic E-state index is -0.949. The molecule has 272 valence electrons. The van der Waals surface area contributed by atoms with Gasteiger partial charge in [-0.2, -0.15) is 0 Å². The summed E-state index contributed by atoms with van der Waals surface area (Å²) in [5.74, 6) is -3.11. The lowest BCUT2D eigenvalue weighted by molar-refractivity contribution is -0.148. The first kappa shape index (κ1) is 41.2. The molecule has 1 heterocycles. The van der Waals surface area contributed by atoms with E-state index in [1.165, 1.54) is 18.3 Å². The molecule has 13 heteroatoms. The zero-order valence-corrected chi connectivity index (χ0v) is 31.3. The molecule has 0 unspecified atom stereocenters. The Kier molecular flexibility index (Phi) is 15.7. The number of aromatic nitrogens is 1. The number of aliphatic carboxylic acids is 1. The van der Waals surface area contributed by atoms with Gasteiger partial charge >= 0.3 is 18.0 Å². The maximum Gasteiger partial charge on any atom is 0.315 e. The van der Waals surface area contributed by atoms with Gasteiger partial charge in [0, 0.05) is 43.4 Å². The Morgan fingerprint density at radius 2 is 1.63 bits per heavy atom. The Morgan fingerprint density at radius 3 is 2.16 bits per heavy atom. The molecule has 2 aromatic rings. The Hall–Kier alpha value is -4.00. The van der Waals surface area contributed by atoms with Gasteiger partial charge in [0.2, 0.25) is 5.91 Å². The number of benzene rings is 1. The number of nitrogens with zero attached hydrogens (tertiary/aromatic N) is 2. The van der Waals surface area contributed by atoms with E-state index in [9.17, 15) is 29.1 Å². The molecule has 0 fully saturated rings. The van der Waals surface area contributed by atoms with E-state index in [2.05, 4.69) is 20.9 Å². The number of urea groups is 1. The molecule has 4 N–H and O–H groups in total. The number of hydrogen-bond donors (Lipinski definition) is 4. The summed E-state index contributed by atoms with van der Waals surface area (Å²) in [6.45, 7) is 16.3. The maximum absolute atomic E-state index is 13.9. The van der Waals surface area contributed by atoms with E-state index in [4.69, 9.17) is 4.74 Å². The normalized spacial score (nSPS) is 15.2. The molecule has 49 heavy (non-hydrogen) atoms. The molecular formula is C36H55N5O7S. The van der Waals surface area contributed by atoms with Crippen LogP contribution < -0.4 is 16.0 Å². The van der Waals surface area contributed by atoms with Gasteiger partial charge < -0.3 is 30.7 Å². The predicted octanol–water partition coefficient (Wildman–Crippen LogP) is 5.58.